The van der Waals surface area contributed by atoms with Crippen LogP contribution in [0.15, 0.2) is 18.3 Å². The molecule has 1 fully saturated rings. The Kier molecular flexibility index (Phi) is 3.45. The third kappa shape index (κ3) is 2.42. The highest BCUT2D eigenvalue weighted by molar-refractivity contribution is 5.76. The van der Waals surface area contributed by atoms with Crippen molar-refractivity contribution >= 4 is 5.97 Å². The summed E-state index contributed by atoms with van der Waals surface area (Å²) in [4.78, 5) is 14.4. The van der Waals surface area contributed by atoms with Gasteiger partial charge in [-0.05, 0) is 12.1 Å². The highest BCUT2D eigenvalue weighted by atomic mass is 16.5. The zero-order valence-electron chi connectivity index (χ0n) is 10.8. The van der Waals surface area contributed by atoms with E-state index in [1.165, 1.54) is 0 Å². The molecule has 1 aliphatic rings. The number of carbonyl (C=O) groups is 1. The molecule has 0 atom stereocenters. The van der Waals surface area contributed by atoms with Crippen molar-refractivity contribution < 1.29 is 14.6 Å². The molecular weight excluding hydrogens is 232 g/mol. The summed E-state index contributed by atoms with van der Waals surface area (Å²) in [5.41, 5.74) is 0.365. The normalized spacial score (nSPS) is 18.3. The van der Waals surface area contributed by atoms with Crippen LogP contribution in [0, 0.1) is 5.41 Å². The molecule has 2 rings (SSSR count). The molecule has 100 valence electrons. The molecule has 0 aliphatic carbocycles. The van der Waals surface area contributed by atoms with Gasteiger partial charge >= 0.3 is 5.97 Å². The maximum Gasteiger partial charge on any atom is 0.315 e. The van der Waals surface area contributed by atoms with Crippen molar-refractivity contribution in [3.8, 4) is 0 Å². The minimum atomic E-state index is -0.779. The Morgan fingerprint density at radius 3 is 2.78 bits per heavy atom. The van der Waals surface area contributed by atoms with E-state index in [9.17, 15) is 9.90 Å². The predicted molar refractivity (Wildman–Crippen MR) is 67.6 cm³/mol. The lowest BCUT2D eigenvalue weighted by Gasteiger charge is -2.38. The molecule has 5 heteroatoms. The van der Waals surface area contributed by atoms with Crippen LogP contribution in [0.4, 0.5) is 0 Å². The van der Waals surface area contributed by atoms with Crippen molar-refractivity contribution in [1.29, 1.82) is 0 Å². The largest absolute Gasteiger partial charge is 0.481 e. The van der Waals surface area contributed by atoms with Gasteiger partial charge in [-0.3, -0.25) is 4.79 Å². The standard InChI is InChI=1S/C13H20N2O3/c1-12(2,10-4-3-5-15-10)6-14-7-13(11(16)17)8-18-9-13/h3-5,14-15H,6-9H2,1-2H3,(H,16,17). The number of aromatic nitrogens is 1. The minimum absolute atomic E-state index is 0.0478. The molecule has 1 saturated heterocycles. The lowest BCUT2D eigenvalue weighted by molar-refractivity contribution is -0.178. The number of nitrogens with one attached hydrogen (secondary N) is 2. The summed E-state index contributed by atoms with van der Waals surface area (Å²) in [6.45, 7) is 6.03. The van der Waals surface area contributed by atoms with E-state index < -0.39 is 11.4 Å². The van der Waals surface area contributed by atoms with Crippen molar-refractivity contribution in [3.05, 3.63) is 24.0 Å². The molecule has 1 aromatic heterocycles. The number of rotatable bonds is 6. The molecular formula is C13H20N2O3. The van der Waals surface area contributed by atoms with Gasteiger partial charge in [0, 0.05) is 30.4 Å². The van der Waals surface area contributed by atoms with Crippen LogP contribution in [0.5, 0.6) is 0 Å². The number of hydrogen-bond donors (Lipinski definition) is 3. The Balaban J connectivity index is 1.87. The summed E-state index contributed by atoms with van der Waals surface area (Å²) in [5.74, 6) is -0.779. The summed E-state index contributed by atoms with van der Waals surface area (Å²) in [6, 6.07) is 4.01. The lowest BCUT2D eigenvalue weighted by Crippen LogP contribution is -2.56. The van der Waals surface area contributed by atoms with Crippen LogP contribution in [-0.2, 0) is 14.9 Å². The molecule has 0 unspecified atom stereocenters. The molecule has 0 radical (unpaired) electrons. The van der Waals surface area contributed by atoms with Crippen LogP contribution in [0.25, 0.3) is 0 Å². The van der Waals surface area contributed by atoms with Crippen LogP contribution in [0.2, 0.25) is 0 Å². The Morgan fingerprint density at radius 1 is 1.61 bits per heavy atom. The van der Waals surface area contributed by atoms with Gasteiger partial charge in [0.1, 0.15) is 5.41 Å². The lowest BCUT2D eigenvalue weighted by atomic mass is 9.84. The second kappa shape index (κ2) is 4.74. The average molecular weight is 252 g/mol. The zero-order valence-corrected chi connectivity index (χ0v) is 10.8. The maximum atomic E-state index is 11.2. The second-order valence-corrected chi connectivity index (χ2v) is 5.65. The van der Waals surface area contributed by atoms with Crippen molar-refractivity contribution in [2.24, 2.45) is 5.41 Å². The Bertz CT molecular complexity index is 408. The van der Waals surface area contributed by atoms with E-state index in [1.807, 2.05) is 18.3 Å². The third-order valence-corrected chi connectivity index (χ3v) is 3.57. The maximum absolute atomic E-state index is 11.2. The van der Waals surface area contributed by atoms with Crippen LogP contribution in [-0.4, -0.2) is 42.4 Å². The van der Waals surface area contributed by atoms with Crippen LogP contribution in [0.3, 0.4) is 0 Å². The molecule has 1 aliphatic heterocycles. The fourth-order valence-corrected chi connectivity index (χ4v) is 2.11. The van der Waals surface area contributed by atoms with Gasteiger partial charge in [0.15, 0.2) is 0 Å². The number of carboxylic acids is 1. The fraction of sp³-hybridized carbons (Fsp3) is 0.615. The Hall–Kier alpha value is -1.33. The van der Waals surface area contributed by atoms with Crippen molar-refractivity contribution in [1.82, 2.24) is 10.3 Å². The van der Waals surface area contributed by atoms with Crippen LogP contribution in [0.1, 0.15) is 19.5 Å². The summed E-state index contributed by atoms with van der Waals surface area (Å²) < 4.78 is 5.03. The molecule has 3 N–H and O–H groups in total. The van der Waals surface area contributed by atoms with Crippen molar-refractivity contribution in [2.75, 3.05) is 26.3 Å². The van der Waals surface area contributed by atoms with Gasteiger partial charge in [-0.25, -0.2) is 0 Å². The molecule has 2 heterocycles. The molecule has 0 aromatic carbocycles. The van der Waals surface area contributed by atoms with E-state index in [2.05, 4.69) is 24.1 Å². The predicted octanol–water partition coefficient (Wildman–Crippen LogP) is 0.983. The number of ether oxygens (including phenoxy) is 1. The van der Waals surface area contributed by atoms with Gasteiger partial charge in [-0.15, -0.1) is 0 Å². The number of carboxylic acid groups (broad SMARTS) is 1. The third-order valence-electron chi connectivity index (χ3n) is 3.57. The second-order valence-electron chi connectivity index (χ2n) is 5.65. The van der Waals surface area contributed by atoms with Gasteiger partial charge in [0.2, 0.25) is 0 Å². The molecule has 18 heavy (non-hydrogen) atoms. The first-order valence-electron chi connectivity index (χ1n) is 6.12. The van der Waals surface area contributed by atoms with Crippen molar-refractivity contribution in [2.45, 2.75) is 19.3 Å². The molecule has 0 saturated carbocycles. The first-order chi connectivity index (χ1) is 8.46. The Morgan fingerprint density at radius 2 is 2.33 bits per heavy atom. The molecule has 0 amide bonds. The minimum Gasteiger partial charge on any atom is -0.481 e. The topological polar surface area (TPSA) is 74.3 Å². The zero-order chi connectivity index (χ0) is 13.2. The van der Waals surface area contributed by atoms with E-state index in [4.69, 9.17) is 4.74 Å². The number of H-pyrrole nitrogens is 1. The van der Waals surface area contributed by atoms with Crippen LogP contribution >= 0.6 is 0 Å². The fourth-order valence-electron chi connectivity index (χ4n) is 2.11. The van der Waals surface area contributed by atoms with Gasteiger partial charge in [-0.1, -0.05) is 13.8 Å². The van der Waals surface area contributed by atoms with E-state index >= 15 is 0 Å². The first-order valence-corrected chi connectivity index (χ1v) is 6.12. The molecule has 0 bridgehead atoms. The number of hydrogen-bond acceptors (Lipinski definition) is 3. The summed E-state index contributed by atoms with van der Waals surface area (Å²) >= 11 is 0. The highest BCUT2D eigenvalue weighted by Crippen LogP contribution is 2.27. The van der Waals surface area contributed by atoms with E-state index in [-0.39, 0.29) is 5.41 Å². The number of aromatic amines is 1. The average Bonchev–Trinajstić information content (AvgIpc) is 2.74. The van der Waals surface area contributed by atoms with E-state index in [0.717, 1.165) is 12.2 Å². The highest BCUT2D eigenvalue weighted by Gasteiger charge is 2.46. The van der Waals surface area contributed by atoms with Gasteiger partial charge in [0.05, 0.1) is 13.2 Å². The van der Waals surface area contributed by atoms with Crippen LogP contribution < -0.4 is 5.32 Å². The smallest absolute Gasteiger partial charge is 0.315 e. The SMILES string of the molecule is CC(C)(CNCC1(C(=O)O)COC1)c1ccc[nH]1. The van der Waals surface area contributed by atoms with E-state index in [0.29, 0.717) is 19.8 Å². The first kappa shape index (κ1) is 13.1. The van der Waals surface area contributed by atoms with Crippen molar-refractivity contribution in [3.63, 3.8) is 0 Å². The van der Waals surface area contributed by atoms with Gasteiger partial charge in [-0.2, -0.15) is 0 Å². The van der Waals surface area contributed by atoms with Gasteiger partial charge in [0.25, 0.3) is 0 Å². The molecule has 5 nitrogen and oxygen atoms in total. The summed E-state index contributed by atoms with van der Waals surface area (Å²) in [7, 11) is 0. The van der Waals surface area contributed by atoms with E-state index in [1.54, 1.807) is 0 Å². The summed E-state index contributed by atoms with van der Waals surface area (Å²) in [6.07, 6.45) is 1.90. The summed E-state index contributed by atoms with van der Waals surface area (Å²) in [5, 5.41) is 12.4. The Labute approximate surface area is 107 Å². The quantitative estimate of drug-likeness (QED) is 0.705. The monoisotopic (exact) mass is 252 g/mol. The molecule has 1 aromatic rings. The van der Waals surface area contributed by atoms with Gasteiger partial charge < -0.3 is 20.1 Å². The molecule has 0 spiro atoms. The number of aliphatic carboxylic acids is 1.